The maximum atomic E-state index is 13.0. The molecule has 3 N–H and O–H groups in total. The number of carbonyl (C=O) groups is 2. The minimum Gasteiger partial charge on any atom is -0.450 e. The van der Waals surface area contributed by atoms with Gasteiger partial charge in [-0.3, -0.25) is 10.1 Å². The smallest absolute Gasteiger partial charge is 0.409 e. The predicted molar refractivity (Wildman–Crippen MR) is 123 cm³/mol. The summed E-state index contributed by atoms with van der Waals surface area (Å²) in [5, 5.41) is 6.27. The SMILES string of the molecule is CCCCOC(=O)NC(NC(=O)c1cnc(N2CCN(C)CC2)s1)c1nc2ncncc2[nH]1. The first-order chi connectivity index (χ1) is 16.0. The van der Waals surface area contributed by atoms with E-state index in [1.54, 1.807) is 12.4 Å². The van der Waals surface area contributed by atoms with Crippen LogP contribution in [0.25, 0.3) is 11.2 Å². The number of anilines is 1. The van der Waals surface area contributed by atoms with Gasteiger partial charge in [0.25, 0.3) is 5.91 Å². The van der Waals surface area contributed by atoms with Crippen molar-refractivity contribution in [3.63, 3.8) is 0 Å². The van der Waals surface area contributed by atoms with Crippen LogP contribution in [0.2, 0.25) is 0 Å². The lowest BCUT2D eigenvalue weighted by Gasteiger charge is -2.32. The number of nitrogens with zero attached hydrogens (tertiary/aromatic N) is 6. The highest BCUT2D eigenvalue weighted by Gasteiger charge is 2.25. The molecule has 1 fully saturated rings. The molecule has 4 heterocycles. The minimum atomic E-state index is -0.949. The number of H-pyrrole nitrogens is 1. The summed E-state index contributed by atoms with van der Waals surface area (Å²) in [4.78, 5) is 50.1. The lowest BCUT2D eigenvalue weighted by Crippen LogP contribution is -2.44. The first kappa shape index (κ1) is 22.9. The average Bonchev–Trinajstić information content (AvgIpc) is 3.47. The number of aromatic amines is 1. The van der Waals surface area contributed by atoms with Crippen LogP contribution in [-0.2, 0) is 4.74 Å². The molecule has 2 amide bonds. The van der Waals surface area contributed by atoms with Crippen LogP contribution in [0, 0.1) is 0 Å². The minimum absolute atomic E-state index is 0.290. The number of fused-ring (bicyclic) bond motifs is 1. The van der Waals surface area contributed by atoms with Gasteiger partial charge >= 0.3 is 6.09 Å². The van der Waals surface area contributed by atoms with Crippen molar-refractivity contribution in [2.45, 2.75) is 25.9 Å². The number of imidazole rings is 1. The van der Waals surface area contributed by atoms with Crippen LogP contribution < -0.4 is 15.5 Å². The highest BCUT2D eigenvalue weighted by atomic mass is 32.1. The number of thiazole rings is 1. The van der Waals surface area contributed by atoms with Crippen molar-refractivity contribution in [1.82, 2.24) is 40.5 Å². The topological polar surface area (TPSA) is 141 Å². The first-order valence-electron chi connectivity index (χ1n) is 10.8. The molecular formula is C20H27N9O3S. The van der Waals surface area contributed by atoms with Crippen LogP contribution in [0.4, 0.5) is 9.93 Å². The summed E-state index contributed by atoms with van der Waals surface area (Å²) in [5.41, 5.74) is 1.01. The molecule has 0 spiro atoms. The summed E-state index contributed by atoms with van der Waals surface area (Å²) < 4.78 is 5.20. The van der Waals surface area contributed by atoms with E-state index in [1.807, 2.05) is 6.92 Å². The number of aromatic nitrogens is 5. The predicted octanol–water partition coefficient (Wildman–Crippen LogP) is 1.52. The van der Waals surface area contributed by atoms with Gasteiger partial charge in [-0.15, -0.1) is 0 Å². The summed E-state index contributed by atoms with van der Waals surface area (Å²) in [7, 11) is 2.09. The van der Waals surface area contributed by atoms with E-state index in [4.69, 9.17) is 4.74 Å². The van der Waals surface area contributed by atoms with Gasteiger partial charge in [-0.05, 0) is 13.5 Å². The second kappa shape index (κ2) is 10.5. The number of nitrogens with one attached hydrogen (secondary N) is 3. The summed E-state index contributed by atoms with van der Waals surface area (Å²) in [6, 6.07) is 0. The van der Waals surface area contributed by atoms with Crippen LogP contribution in [0.3, 0.4) is 0 Å². The molecule has 1 aliphatic rings. The maximum Gasteiger partial charge on any atom is 0.409 e. The number of likely N-dealkylation sites (N-methyl/N-ethyl adjacent to an activating group) is 1. The van der Waals surface area contributed by atoms with E-state index in [0.29, 0.717) is 21.9 Å². The molecule has 0 bridgehead atoms. The van der Waals surface area contributed by atoms with Gasteiger partial charge in [-0.2, -0.15) is 0 Å². The number of hydrogen-bond acceptors (Lipinski definition) is 10. The van der Waals surface area contributed by atoms with E-state index in [9.17, 15) is 9.59 Å². The Labute approximate surface area is 194 Å². The number of carbonyl (C=O) groups excluding carboxylic acids is 2. The highest BCUT2D eigenvalue weighted by molar-refractivity contribution is 7.17. The van der Waals surface area contributed by atoms with Crippen molar-refractivity contribution in [2.24, 2.45) is 0 Å². The van der Waals surface area contributed by atoms with E-state index in [2.05, 4.69) is 52.4 Å². The summed E-state index contributed by atoms with van der Waals surface area (Å²) in [6.45, 7) is 5.91. The number of alkyl carbamates (subject to hydrolysis) is 1. The van der Waals surface area contributed by atoms with Crippen LogP contribution in [-0.4, -0.2) is 81.7 Å². The van der Waals surface area contributed by atoms with Gasteiger partial charge in [0, 0.05) is 26.2 Å². The molecule has 1 unspecified atom stereocenters. The second-order valence-corrected chi connectivity index (χ2v) is 8.73. The van der Waals surface area contributed by atoms with Gasteiger partial charge in [0.2, 0.25) is 0 Å². The number of ether oxygens (including phenoxy) is 1. The lowest BCUT2D eigenvalue weighted by molar-refractivity contribution is 0.0923. The molecule has 13 heteroatoms. The molecule has 0 aromatic carbocycles. The molecule has 3 aromatic heterocycles. The molecule has 0 saturated carbocycles. The van der Waals surface area contributed by atoms with E-state index in [0.717, 1.165) is 44.2 Å². The third-order valence-electron chi connectivity index (χ3n) is 5.21. The quantitative estimate of drug-likeness (QED) is 0.328. The molecule has 0 radical (unpaired) electrons. The summed E-state index contributed by atoms with van der Waals surface area (Å²) in [5.74, 6) is -0.0617. The van der Waals surface area contributed by atoms with E-state index < -0.39 is 12.3 Å². The largest absolute Gasteiger partial charge is 0.450 e. The normalized spacial score (nSPS) is 15.4. The third-order valence-corrected chi connectivity index (χ3v) is 6.27. The van der Waals surface area contributed by atoms with E-state index in [-0.39, 0.29) is 12.5 Å². The summed E-state index contributed by atoms with van der Waals surface area (Å²) in [6.07, 6.45) is 4.55. The molecule has 3 aromatic rings. The molecule has 176 valence electrons. The Hall–Kier alpha value is -3.32. The van der Waals surface area contributed by atoms with Crippen molar-refractivity contribution in [3.05, 3.63) is 29.4 Å². The fourth-order valence-electron chi connectivity index (χ4n) is 3.27. The average molecular weight is 474 g/mol. The van der Waals surface area contributed by atoms with Crippen molar-refractivity contribution >= 4 is 39.6 Å². The number of unbranched alkanes of at least 4 members (excludes halogenated alkanes) is 1. The van der Waals surface area contributed by atoms with Gasteiger partial charge < -0.3 is 24.8 Å². The molecule has 12 nitrogen and oxygen atoms in total. The Morgan fingerprint density at radius 1 is 1.21 bits per heavy atom. The monoisotopic (exact) mass is 473 g/mol. The molecule has 1 aliphatic heterocycles. The standard InChI is InChI=1S/C20H27N9O3S/c1-3-4-9-32-20(31)27-17(16-24-13-10-21-12-23-15(13)25-16)26-18(30)14-11-22-19(33-14)29-7-5-28(2)6-8-29/h10-12,17H,3-9H2,1-2H3,(H,26,30)(H,27,31)(H,21,23,24,25). The van der Waals surface area contributed by atoms with Crippen molar-refractivity contribution in [3.8, 4) is 0 Å². The molecule has 33 heavy (non-hydrogen) atoms. The Kier molecular flexibility index (Phi) is 7.29. The number of hydrogen-bond donors (Lipinski definition) is 3. The molecular weight excluding hydrogens is 446 g/mol. The van der Waals surface area contributed by atoms with Gasteiger partial charge in [0.1, 0.15) is 16.7 Å². The second-order valence-electron chi connectivity index (χ2n) is 7.72. The van der Waals surface area contributed by atoms with Crippen LogP contribution >= 0.6 is 11.3 Å². The number of amides is 2. The molecule has 1 atom stereocenters. The van der Waals surface area contributed by atoms with Crippen LogP contribution in [0.5, 0.6) is 0 Å². The molecule has 4 rings (SSSR count). The Balaban J connectivity index is 1.48. The van der Waals surface area contributed by atoms with Gasteiger partial charge in [0.15, 0.2) is 22.8 Å². The fourth-order valence-corrected chi connectivity index (χ4v) is 4.15. The Bertz CT molecular complexity index is 1060. The van der Waals surface area contributed by atoms with Gasteiger partial charge in [0.05, 0.1) is 19.0 Å². The van der Waals surface area contributed by atoms with E-state index >= 15 is 0 Å². The van der Waals surface area contributed by atoms with Crippen molar-refractivity contribution in [1.29, 1.82) is 0 Å². The van der Waals surface area contributed by atoms with Gasteiger partial charge in [-0.25, -0.2) is 24.7 Å². The zero-order chi connectivity index (χ0) is 23.2. The maximum absolute atomic E-state index is 13.0. The molecule has 1 saturated heterocycles. The van der Waals surface area contributed by atoms with Crippen molar-refractivity contribution in [2.75, 3.05) is 44.7 Å². The first-order valence-corrected chi connectivity index (χ1v) is 11.6. The number of rotatable bonds is 8. The zero-order valence-electron chi connectivity index (χ0n) is 18.6. The van der Waals surface area contributed by atoms with Crippen LogP contribution in [0.1, 0.15) is 41.4 Å². The molecule has 0 aliphatic carbocycles. The van der Waals surface area contributed by atoms with Crippen molar-refractivity contribution < 1.29 is 14.3 Å². The van der Waals surface area contributed by atoms with Gasteiger partial charge in [-0.1, -0.05) is 24.7 Å². The van der Waals surface area contributed by atoms with E-state index in [1.165, 1.54) is 17.7 Å². The highest BCUT2D eigenvalue weighted by Crippen LogP contribution is 2.24. The third kappa shape index (κ3) is 5.73. The Morgan fingerprint density at radius 2 is 2.03 bits per heavy atom. The zero-order valence-corrected chi connectivity index (χ0v) is 19.4. The summed E-state index contributed by atoms with van der Waals surface area (Å²) >= 11 is 1.31. The Morgan fingerprint density at radius 3 is 2.79 bits per heavy atom. The van der Waals surface area contributed by atoms with Crippen LogP contribution in [0.15, 0.2) is 18.7 Å². The fraction of sp³-hybridized carbons (Fsp3) is 0.500. The number of piperazine rings is 1. The lowest BCUT2D eigenvalue weighted by atomic mass is 10.3.